The van der Waals surface area contributed by atoms with Crippen LogP contribution in [-0.4, -0.2) is 13.2 Å². The number of unbranched alkanes of at least 4 members (excludes halogenated alkanes) is 2. The molecular formula is C29H32O4. The standard InChI is InChI=1S/C29H32O4/c1-3-5-19-31-26-13-7-23(8-14-26)11-17-28-21-25(30)22-29(33-28)18-12-24-9-15-27(16-10-24)32-20-6-4-2/h7-18,21-22H,3-6,19-20H2,1-2H3/b17-11+,18-12+. The average molecular weight is 445 g/mol. The first-order chi connectivity index (χ1) is 16.2. The number of rotatable bonds is 12. The van der Waals surface area contributed by atoms with Crippen molar-refractivity contribution in [1.82, 2.24) is 0 Å². The average Bonchev–Trinajstić information content (AvgIpc) is 2.83. The van der Waals surface area contributed by atoms with Gasteiger partial charge in [-0.2, -0.15) is 0 Å². The molecule has 3 rings (SSSR count). The third kappa shape index (κ3) is 8.49. The van der Waals surface area contributed by atoms with E-state index in [2.05, 4.69) is 13.8 Å². The van der Waals surface area contributed by atoms with Crippen molar-refractivity contribution in [3.8, 4) is 11.5 Å². The summed E-state index contributed by atoms with van der Waals surface area (Å²) in [6.45, 7) is 5.74. The van der Waals surface area contributed by atoms with E-state index in [1.807, 2.05) is 60.7 Å². The summed E-state index contributed by atoms with van der Waals surface area (Å²) in [5, 5.41) is 0. The van der Waals surface area contributed by atoms with Gasteiger partial charge in [-0.05, 0) is 60.4 Å². The van der Waals surface area contributed by atoms with Gasteiger partial charge in [0.05, 0.1) is 13.2 Å². The van der Waals surface area contributed by atoms with E-state index in [0.717, 1.165) is 61.5 Å². The summed E-state index contributed by atoms with van der Waals surface area (Å²) in [4.78, 5) is 12.1. The molecule has 0 N–H and O–H groups in total. The molecule has 0 unspecified atom stereocenters. The second kappa shape index (κ2) is 13.1. The largest absolute Gasteiger partial charge is 0.494 e. The molecule has 33 heavy (non-hydrogen) atoms. The predicted octanol–water partition coefficient (Wildman–Crippen LogP) is 7.34. The molecule has 0 amide bonds. The van der Waals surface area contributed by atoms with E-state index < -0.39 is 0 Å². The molecule has 0 aliphatic heterocycles. The van der Waals surface area contributed by atoms with Crippen LogP contribution in [0.1, 0.15) is 62.2 Å². The van der Waals surface area contributed by atoms with Crippen molar-refractivity contribution < 1.29 is 13.9 Å². The smallest absolute Gasteiger partial charge is 0.186 e. The molecule has 1 heterocycles. The Labute approximate surface area is 196 Å². The minimum atomic E-state index is -0.0973. The molecule has 0 saturated carbocycles. The number of ether oxygens (including phenoxy) is 2. The molecule has 4 nitrogen and oxygen atoms in total. The highest BCUT2D eigenvalue weighted by atomic mass is 16.5. The van der Waals surface area contributed by atoms with Gasteiger partial charge < -0.3 is 13.9 Å². The SMILES string of the molecule is CCCCOc1ccc(/C=C/c2cc(=O)cc(/C=C/c3ccc(OCCCC)cc3)o2)cc1. The Bertz CT molecular complexity index is 1000. The molecule has 0 fully saturated rings. The third-order valence-corrected chi connectivity index (χ3v) is 4.98. The second-order valence-electron chi connectivity index (χ2n) is 7.81. The lowest BCUT2D eigenvalue weighted by molar-refractivity contribution is 0.309. The van der Waals surface area contributed by atoms with Crippen molar-refractivity contribution in [2.24, 2.45) is 0 Å². The highest BCUT2D eigenvalue weighted by Gasteiger charge is 1.99. The first kappa shape index (κ1) is 24.1. The molecule has 0 spiro atoms. The van der Waals surface area contributed by atoms with E-state index in [4.69, 9.17) is 13.9 Å². The van der Waals surface area contributed by atoms with E-state index in [1.165, 1.54) is 12.1 Å². The Morgan fingerprint density at radius 3 is 1.48 bits per heavy atom. The van der Waals surface area contributed by atoms with Crippen molar-refractivity contribution in [1.29, 1.82) is 0 Å². The minimum absolute atomic E-state index is 0.0973. The van der Waals surface area contributed by atoms with Gasteiger partial charge in [0.15, 0.2) is 5.43 Å². The number of hydrogen-bond donors (Lipinski definition) is 0. The quantitative estimate of drug-likeness (QED) is 0.274. The van der Waals surface area contributed by atoms with E-state index in [0.29, 0.717) is 11.5 Å². The monoisotopic (exact) mass is 444 g/mol. The lowest BCUT2D eigenvalue weighted by atomic mass is 10.2. The molecule has 1 aromatic heterocycles. The van der Waals surface area contributed by atoms with Gasteiger partial charge in [0.2, 0.25) is 0 Å². The normalized spacial score (nSPS) is 11.3. The Hall–Kier alpha value is -3.53. The Kier molecular flexibility index (Phi) is 9.59. The zero-order valence-corrected chi connectivity index (χ0v) is 19.5. The van der Waals surface area contributed by atoms with E-state index in [-0.39, 0.29) is 5.43 Å². The fraction of sp³-hybridized carbons (Fsp3) is 0.276. The van der Waals surface area contributed by atoms with Crippen LogP contribution in [0.4, 0.5) is 0 Å². The molecular weight excluding hydrogens is 412 g/mol. The van der Waals surface area contributed by atoms with Crippen LogP contribution in [0.5, 0.6) is 11.5 Å². The molecule has 4 heteroatoms. The molecule has 0 bridgehead atoms. The second-order valence-corrected chi connectivity index (χ2v) is 7.81. The van der Waals surface area contributed by atoms with Crippen molar-refractivity contribution in [2.45, 2.75) is 39.5 Å². The van der Waals surface area contributed by atoms with Gasteiger partial charge in [0.25, 0.3) is 0 Å². The maximum atomic E-state index is 12.1. The summed E-state index contributed by atoms with van der Waals surface area (Å²) < 4.78 is 17.2. The zero-order valence-electron chi connectivity index (χ0n) is 19.5. The lowest BCUT2D eigenvalue weighted by Crippen LogP contribution is -1.98. The van der Waals surface area contributed by atoms with Gasteiger partial charge in [0.1, 0.15) is 23.0 Å². The molecule has 2 aromatic carbocycles. The summed E-state index contributed by atoms with van der Waals surface area (Å²) in [5.41, 5.74) is 1.91. The maximum absolute atomic E-state index is 12.1. The van der Waals surface area contributed by atoms with Crippen LogP contribution in [0.25, 0.3) is 24.3 Å². The highest BCUT2D eigenvalue weighted by molar-refractivity contribution is 5.70. The molecule has 3 aromatic rings. The van der Waals surface area contributed by atoms with Gasteiger partial charge in [0, 0.05) is 12.1 Å². The van der Waals surface area contributed by atoms with Crippen molar-refractivity contribution in [2.75, 3.05) is 13.2 Å². The predicted molar refractivity (Wildman–Crippen MR) is 137 cm³/mol. The van der Waals surface area contributed by atoms with Crippen molar-refractivity contribution in [3.05, 3.63) is 93.5 Å². The molecule has 0 atom stereocenters. The molecule has 0 radical (unpaired) electrons. The van der Waals surface area contributed by atoms with Crippen LogP contribution in [0.3, 0.4) is 0 Å². The van der Waals surface area contributed by atoms with E-state index in [1.54, 1.807) is 12.2 Å². The number of hydrogen-bond acceptors (Lipinski definition) is 4. The summed E-state index contributed by atoms with van der Waals surface area (Å²) in [5.74, 6) is 2.73. The van der Waals surface area contributed by atoms with Crippen LogP contribution in [0, 0.1) is 0 Å². The Morgan fingerprint density at radius 2 is 1.09 bits per heavy atom. The summed E-state index contributed by atoms with van der Waals surface area (Å²) in [7, 11) is 0. The fourth-order valence-electron chi connectivity index (χ4n) is 3.06. The first-order valence-corrected chi connectivity index (χ1v) is 11.6. The van der Waals surface area contributed by atoms with Gasteiger partial charge in [-0.25, -0.2) is 0 Å². The van der Waals surface area contributed by atoms with Gasteiger partial charge in [-0.3, -0.25) is 4.79 Å². The summed E-state index contributed by atoms with van der Waals surface area (Å²) >= 11 is 0. The van der Waals surface area contributed by atoms with Crippen LogP contribution >= 0.6 is 0 Å². The van der Waals surface area contributed by atoms with Crippen LogP contribution in [-0.2, 0) is 0 Å². The molecule has 172 valence electrons. The summed E-state index contributed by atoms with van der Waals surface area (Å²) in [6.07, 6.45) is 11.7. The van der Waals surface area contributed by atoms with Crippen molar-refractivity contribution in [3.63, 3.8) is 0 Å². The first-order valence-electron chi connectivity index (χ1n) is 11.6. The van der Waals surface area contributed by atoms with Crippen LogP contribution < -0.4 is 14.9 Å². The van der Waals surface area contributed by atoms with Crippen molar-refractivity contribution >= 4 is 24.3 Å². The van der Waals surface area contributed by atoms with Gasteiger partial charge in [-0.1, -0.05) is 63.1 Å². The summed E-state index contributed by atoms with van der Waals surface area (Å²) in [6, 6.07) is 18.7. The fourth-order valence-corrected chi connectivity index (χ4v) is 3.06. The van der Waals surface area contributed by atoms with Gasteiger partial charge >= 0.3 is 0 Å². The molecule has 0 aliphatic rings. The van der Waals surface area contributed by atoms with Crippen LogP contribution in [0.2, 0.25) is 0 Å². The maximum Gasteiger partial charge on any atom is 0.186 e. The highest BCUT2D eigenvalue weighted by Crippen LogP contribution is 2.17. The zero-order chi connectivity index (χ0) is 23.3. The van der Waals surface area contributed by atoms with E-state index in [9.17, 15) is 4.79 Å². The third-order valence-electron chi connectivity index (χ3n) is 4.98. The number of benzene rings is 2. The minimum Gasteiger partial charge on any atom is -0.494 e. The molecule has 0 saturated heterocycles. The lowest BCUT2D eigenvalue weighted by Gasteiger charge is -2.05. The van der Waals surface area contributed by atoms with Gasteiger partial charge in [-0.15, -0.1) is 0 Å². The Morgan fingerprint density at radius 1 is 0.667 bits per heavy atom. The van der Waals surface area contributed by atoms with Crippen LogP contribution in [0.15, 0.2) is 69.9 Å². The topological polar surface area (TPSA) is 48.7 Å². The Balaban J connectivity index is 1.62. The van der Waals surface area contributed by atoms with E-state index >= 15 is 0 Å². The molecule has 0 aliphatic carbocycles.